The van der Waals surface area contributed by atoms with Gasteiger partial charge in [0.25, 0.3) is 0 Å². The van der Waals surface area contributed by atoms with E-state index in [1.54, 1.807) is 0 Å². The van der Waals surface area contributed by atoms with Crippen molar-refractivity contribution in [2.45, 2.75) is 38.1 Å². The quantitative estimate of drug-likeness (QED) is 0.845. The Morgan fingerprint density at radius 3 is 2.62 bits per heavy atom. The second kappa shape index (κ2) is 4.46. The molecule has 88 valence electrons. The van der Waals surface area contributed by atoms with Gasteiger partial charge in [-0.2, -0.15) is 0 Å². The van der Waals surface area contributed by atoms with E-state index in [9.17, 15) is 0 Å². The van der Waals surface area contributed by atoms with Crippen LogP contribution in [0.2, 0.25) is 0 Å². The minimum absolute atomic E-state index is 0.0402. The standard InChI is InChI=1S/C14H22N2/c1-12-6-5-7-13(10-12)16(2)11-14(15)8-3-4-9-14/h5-7,10H,3-4,8-9,11,15H2,1-2H3. The zero-order valence-electron chi connectivity index (χ0n) is 10.4. The first kappa shape index (κ1) is 11.5. The largest absolute Gasteiger partial charge is 0.373 e. The van der Waals surface area contributed by atoms with Crippen LogP contribution < -0.4 is 10.6 Å². The van der Waals surface area contributed by atoms with Crippen LogP contribution in [-0.4, -0.2) is 19.1 Å². The Kier molecular flexibility index (Phi) is 3.20. The van der Waals surface area contributed by atoms with E-state index in [4.69, 9.17) is 5.73 Å². The molecule has 0 bridgehead atoms. The molecule has 0 amide bonds. The van der Waals surface area contributed by atoms with Crippen LogP contribution in [0.1, 0.15) is 31.2 Å². The van der Waals surface area contributed by atoms with Crippen molar-refractivity contribution in [3.8, 4) is 0 Å². The van der Waals surface area contributed by atoms with Crippen molar-refractivity contribution < 1.29 is 0 Å². The van der Waals surface area contributed by atoms with E-state index in [-0.39, 0.29) is 5.54 Å². The van der Waals surface area contributed by atoms with Crippen LogP contribution in [0.15, 0.2) is 24.3 Å². The van der Waals surface area contributed by atoms with E-state index in [1.165, 1.54) is 36.9 Å². The van der Waals surface area contributed by atoms with Gasteiger partial charge in [0.2, 0.25) is 0 Å². The van der Waals surface area contributed by atoms with Gasteiger partial charge in [-0.25, -0.2) is 0 Å². The van der Waals surface area contributed by atoms with Crippen LogP contribution >= 0.6 is 0 Å². The van der Waals surface area contributed by atoms with Gasteiger partial charge in [-0.05, 0) is 37.5 Å². The lowest BCUT2D eigenvalue weighted by Gasteiger charge is -2.31. The SMILES string of the molecule is Cc1cccc(N(C)CC2(N)CCCC2)c1. The molecule has 2 rings (SSSR count). The summed E-state index contributed by atoms with van der Waals surface area (Å²) in [5.41, 5.74) is 9.02. The Balaban J connectivity index is 2.05. The minimum atomic E-state index is 0.0402. The molecule has 16 heavy (non-hydrogen) atoms. The lowest BCUT2D eigenvalue weighted by atomic mass is 9.98. The molecule has 2 nitrogen and oxygen atoms in total. The predicted octanol–water partition coefficient (Wildman–Crippen LogP) is 2.70. The molecule has 1 aliphatic carbocycles. The number of rotatable bonds is 3. The fourth-order valence-corrected chi connectivity index (χ4v) is 2.67. The molecule has 1 aromatic rings. The predicted molar refractivity (Wildman–Crippen MR) is 69.8 cm³/mol. The van der Waals surface area contributed by atoms with Gasteiger partial charge in [0.15, 0.2) is 0 Å². The monoisotopic (exact) mass is 218 g/mol. The summed E-state index contributed by atoms with van der Waals surface area (Å²) in [6.07, 6.45) is 4.92. The first-order valence-corrected chi connectivity index (χ1v) is 6.16. The summed E-state index contributed by atoms with van der Waals surface area (Å²) < 4.78 is 0. The highest BCUT2D eigenvalue weighted by Gasteiger charge is 2.30. The van der Waals surface area contributed by atoms with Gasteiger partial charge in [-0.1, -0.05) is 25.0 Å². The molecule has 0 atom stereocenters. The van der Waals surface area contributed by atoms with Gasteiger partial charge in [0.1, 0.15) is 0 Å². The topological polar surface area (TPSA) is 29.3 Å². The second-order valence-electron chi connectivity index (χ2n) is 5.26. The molecule has 0 unspecified atom stereocenters. The molecule has 2 heteroatoms. The van der Waals surface area contributed by atoms with Crippen molar-refractivity contribution in [3.63, 3.8) is 0 Å². The summed E-state index contributed by atoms with van der Waals surface area (Å²) in [5.74, 6) is 0. The van der Waals surface area contributed by atoms with Crippen LogP contribution in [0.5, 0.6) is 0 Å². The first-order chi connectivity index (χ1) is 7.59. The van der Waals surface area contributed by atoms with Crippen LogP contribution in [0, 0.1) is 6.92 Å². The molecule has 0 saturated heterocycles. The van der Waals surface area contributed by atoms with Crippen LogP contribution in [0.4, 0.5) is 5.69 Å². The lowest BCUT2D eigenvalue weighted by Crippen LogP contribution is -2.47. The normalized spacial score (nSPS) is 18.7. The van der Waals surface area contributed by atoms with Crippen LogP contribution in [0.3, 0.4) is 0 Å². The van der Waals surface area contributed by atoms with E-state index >= 15 is 0 Å². The Morgan fingerprint density at radius 1 is 1.31 bits per heavy atom. The molecule has 0 aliphatic heterocycles. The number of nitrogens with zero attached hydrogens (tertiary/aromatic N) is 1. The summed E-state index contributed by atoms with van der Waals surface area (Å²) in [6, 6.07) is 8.62. The van der Waals surface area contributed by atoms with E-state index < -0.39 is 0 Å². The van der Waals surface area contributed by atoms with Crippen molar-refractivity contribution in [2.24, 2.45) is 5.73 Å². The van der Waals surface area contributed by atoms with E-state index in [0.29, 0.717) is 0 Å². The summed E-state index contributed by atoms with van der Waals surface area (Å²) in [4.78, 5) is 2.29. The van der Waals surface area contributed by atoms with E-state index in [2.05, 4.69) is 43.1 Å². The third-order valence-corrected chi connectivity index (χ3v) is 3.59. The third kappa shape index (κ3) is 2.56. The summed E-state index contributed by atoms with van der Waals surface area (Å²) in [6.45, 7) is 3.10. The maximum absolute atomic E-state index is 6.39. The highest BCUT2D eigenvalue weighted by molar-refractivity contribution is 5.48. The molecule has 2 N–H and O–H groups in total. The molecule has 1 fully saturated rings. The van der Waals surface area contributed by atoms with Crippen molar-refractivity contribution in [1.82, 2.24) is 0 Å². The van der Waals surface area contributed by atoms with Gasteiger partial charge in [-0.15, -0.1) is 0 Å². The summed E-state index contributed by atoms with van der Waals surface area (Å²) in [7, 11) is 2.14. The third-order valence-electron chi connectivity index (χ3n) is 3.59. The number of nitrogens with two attached hydrogens (primary N) is 1. The first-order valence-electron chi connectivity index (χ1n) is 6.16. The van der Waals surface area contributed by atoms with E-state index in [1.807, 2.05) is 0 Å². The zero-order chi connectivity index (χ0) is 11.6. The molecular weight excluding hydrogens is 196 g/mol. The molecule has 0 aromatic heterocycles. The van der Waals surface area contributed by atoms with Crippen molar-refractivity contribution in [3.05, 3.63) is 29.8 Å². The van der Waals surface area contributed by atoms with Gasteiger partial charge in [-0.3, -0.25) is 0 Å². The number of likely N-dealkylation sites (N-methyl/N-ethyl adjacent to an activating group) is 1. The highest BCUT2D eigenvalue weighted by Crippen LogP contribution is 2.29. The number of benzene rings is 1. The smallest absolute Gasteiger partial charge is 0.0366 e. The maximum Gasteiger partial charge on any atom is 0.0366 e. The minimum Gasteiger partial charge on any atom is -0.373 e. The molecule has 0 spiro atoms. The van der Waals surface area contributed by atoms with Crippen LogP contribution in [0.25, 0.3) is 0 Å². The molecule has 1 aromatic carbocycles. The zero-order valence-corrected chi connectivity index (χ0v) is 10.4. The number of hydrogen-bond donors (Lipinski definition) is 1. The number of aryl methyl sites for hydroxylation is 1. The Morgan fingerprint density at radius 2 is 2.00 bits per heavy atom. The molecule has 0 radical (unpaired) electrons. The van der Waals surface area contributed by atoms with Gasteiger partial charge in [0, 0.05) is 24.8 Å². The fraction of sp³-hybridized carbons (Fsp3) is 0.571. The highest BCUT2D eigenvalue weighted by atomic mass is 15.1. The number of hydrogen-bond acceptors (Lipinski definition) is 2. The maximum atomic E-state index is 6.39. The number of anilines is 1. The van der Waals surface area contributed by atoms with Crippen molar-refractivity contribution in [2.75, 3.05) is 18.5 Å². The molecule has 0 heterocycles. The fourth-order valence-electron chi connectivity index (χ4n) is 2.67. The second-order valence-corrected chi connectivity index (χ2v) is 5.26. The Hall–Kier alpha value is -1.02. The van der Waals surface area contributed by atoms with Gasteiger partial charge >= 0.3 is 0 Å². The van der Waals surface area contributed by atoms with Gasteiger partial charge in [0.05, 0.1) is 0 Å². The summed E-state index contributed by atoms with van der Waals surface area (Å²) in [5, 5.41) is 0. The average molecular weight is 218 g/mol. The summed E-state index contributed by atoms with van der Waals surface area (Å²) >= 11 is 0. The lowest BCUT2D eigenvalue weighted by molar-refractivity contribution is 0.442. The average Bonchev–Trinajstić information content (AvgIpc) is 2.65. The Bertz CT molecular complexity index is 354. The van der Waals surface area contributed by atoms with Crippen molar-refractivity contribution in [1.29, 1.82) is 0 Å². The molecule has 1 saturated carbocycles. The molecule has 1 aliphatic rings. The van der Waals surface area contributed by atoms with Crippen molar-refractivity contribution >= 4 is 5.69 Å². The molecular formula is C14H22N2. The van der Waals surface area contributed by atoms with Crippen LogP contribution in [-0.2, 0) is 0 Å². The van der Waals surface area contributed by atoms with Gasteiger partial charge < -0.3 is 10.6 Å². The Labute approximate surface area is 98.4 Å². The van der Waals surface area contributed by atoms with E-state index in [0.717, 1.165) is 6.54 Å².